The molecule has 1 aromatic carbocycles. The molecule has 2 aromatic heterocycles. The molecule has 3 aromatic rings. The molecule has 0 unspecified atom stereocenters. The highest BCUT2D eigenvalue weighted by molar-refractivity contribution is 5.89. The highest BCUT2D eigenvalue weighted by Gasteiger charge is 2.35. The number of aliphatic hydroxyl groups is 2. The Morgan fingerprint density at radius 2 is 1.91 bits per heavy atom. The first kappa shape index (κ1) is 22.5. The van der Waals surface area contributed by atoms with Crippen LogP contribution in [-0.2, 0) is 22.7 Å². The van der Waals surface area contributed by atoms with Crippen molar-refractivity contribution in [3.8, 4) is 0 Å². The summed E-state index contributed by atoms with van der Waals surface area (Å²) in [6.45, 7) is -0.847. The predicted octanol–water partition coefficient (Wildman–Crippen LogP) is 1.19. The number of fused-ring (bicyclic) bond motifs is 1. The first-order chi connectivity index (χ1) is 15.8. The van der Waals surface area contributed by atoms with E-state index < -0.39 is 39.7 Å². The third-order valence-electron chi connectivity index (χ3n) is 5.44. The van der Waals surface area contributed by atoms with E-state index in [0.29, 0.717) is 16.6 Å². The lowest BCUT2D eigenvalue weighted by atomic mass is 10.1. The van der Waals surface area contributed by atoms with Gasteiger partial charge in [-0.25, -0.2) is 9.97 Å². The molecule has 0 radical (unpaired) electrons. The second-order valence-electron chi connectivity index (χ2n) is 7.42. The molecule has 0 amide bonds. The zero-order valence-electron chi connectivity index (χ0n) is 17.1. The van der Waals surface area contributed by atoms with Gasteiger partial charge in [0.25, 0.3) is 11.4 Å². The maximum absolute atomic E-state index is 11.3. The Hall–Kier alpha value is -3.72. The molecule has 174 valence electrons. The van der Waals surface area contributed by atoms with Crippen LogP contribution in [0.25, 0.3) is 11.0 Å². The van der Waals surface area contributed by atoms with Gasteiger partial charge in [0.15, 0.2) is 0 Å². The van der Waals surface area contributed by atoms with Gasteiger partial charge in [-0.15, -0.1) is 0 Å². The van der Waals surface area contributed by atoms with Crippen LogP contribution in [0.15, 0.2) is 30.7 Å². The lowest BCUT2D eigenvalue weighted by Crippen LogP contribution is -2.24. The number of anilines is 1. The number of nitrogen functional groups attached to an aromatic ring is 1. The van der Waals surface area contributed by atoms with Crippen molar-refractivity contribution in [1.82, 2.24) is 14.5 Å². The van der Waals surface area contributed by atoms with Crippen molar-refractivity contribution in [2.24, 2.45) is 0 Å². The minimum Gasteiger partial charge on any atom is -0.394 e. The maximum Gasteiger partial charge on any atom is 0.281 e. The monoisotopic (exact) mass is 460 g/mol. The predicted molar refractivity (Wildman–Crippen MR) is 112 cm³/mol. The van der Waals surface area contributed by atoms with Crippen LogP contribution in [0.2, 0.25) is 0 Å². The summed E-state index contributed by atoms with van der Waals surface area (Å²) in [5.41, 5.74) is 5.97. The van der Waals surface area contributed by atoms with E-state index in [4.69, 9.17) is 15.2 Å². The fraction of sp³-hybridized carbons (Fsp3) is 0.368. The Balaban J connectivity index is 1.62. The minimum absolute atomic E-state index is 0.108. The van der Waals surface area contributed by atoms with Crippen LogP contribution in [0.1, 0.15) is 23.8 Å². The van der Waals surface area contributed by atoms with Crippen LogP contribution < -0.4 is 5.73 Å². The molecule has 1 aliphatic heterocycles. The maximum atomic E-state index is 11.3. The molecule has 3 atom stereocenters. The van der Waals surface area contributed by atoms with Gasteiger partial charge in [-0.3, -0.25) is 20.2 Å². The number of benzene rings is 1. The van der Waals surface area contributed by atoms with Gasteiger partial charge in [-0.05, 0) is 6.07 Å². The largest absolute Gasteiger partial charge is 0.394 e. The molecule has 4 rings (SSSR count). The zero-order valence-corrected chi connectivity index (χ0v) is 17.1. The molecule has 1 aliphatic rings. The van der Waals surface area contributed by atoms with Gasteiger partial charge < -0.3 is 30.0 Å². The minimum atomic E-state index is -0.865. The number of aromatic nitrogens is 3. The molecule has 3 heterocycles. The van der Waals surface area contributed by atoms with E-state index in [1.54, 1.807) is 10.8 Å². The Labute approximate surface area is 185 Å². The standard InChI is InChI=1S/C19H20N6O8/c20-18-17-10(7-32-8-11-12(24(28)29)2-1-3-13(11)25(30)31)5-23(19(17)22-9-21-18)16-4-14(27)15(6-26)33-16/h1-3,5,9,14-16,26-27H,4,6-8H2,(H2,20,21,22)/t14-,15-,16-/m1/s1. The van der Waals surface area contributed by atoms with Crippen LogP contribution >= 0.6 is 0 Å². The SMILES string of the molecule is Nc1ncnc2c1c(COCc1c([N+](=O)[O-])cccc1[N+](=O)[O-])cn2[C@H]1C[C@@H](O)[C@@H](CO)O1. The van der Waals surface area contributed by atoms with E-state index in [1.807, 2.05) is 0 Å². The Morgan fingerprint density at radius 3 is 2.52 bits per heavy atom. The van der Waals surface area contributed by atoms with E-state index >= 15 is 0 Å². The fourth-order valence-corrected chi connectivity index (χ4v) is 3.88. The number of nitrogens with two attached hydrogens (primary N) is 1. The summed E-state index contributed by atoms with van der Waals surface area (Å²) < 4.78 is 13.0. The summed E-state index contributed by atoms with van der Waals surface area (Å²) in [6, 6.07) is 3.58. The number of nitro benzene ring substituents is 2. The van der Waals surface area contributed by atoms with Crippen molar-refractivity contribution in [1.29, 1.82) is 0 Å². The topological polar surface area (TPSA) is 202 Å². The van der Waals surface area contributed by atoms with Crippen molar-refractivity contribution >= 4 is 28.2 Å². The van der Waals surface area contributed by atoms with Gasteiger partial charge in [0.1, 0.15) is 35.7 Å². The lowest BCUT2D eigenvalue weighted by molar-refractivity contribution is -0.396. The van der Waals surface area contributed by atoms with Gasteiger partial charge in [0.2, 0.25) is 0 Å². The van der Waals surface area contributed by atoms with E-state index in [-0.39, 0.29) is 37.6 Å². The molecule has 1 fully saturated rings. The average molecular weight is 460 g/mol. The van der Waals surface area contributed by atoms with Gasteiger partial charge in [-0.2, -0.15) is 0 Å². The van der Waals surface area contributed by atoms with Crippen LogP contribution in [0.3, 0.4) is 0 Å². The van der Waals surface area contributed by atoms with Crippen molar-refractivity contribution in [2.75, 3.05) is 12.3 Å². The second kappa shape index (κ2) is 9.03. The summed E-state index contributed by atoms with van der Waals surface area (Å²) in [4.78, 5) is 29.4. The molecular formula is C19H20N6O8. The normalized spacial score (nSPS) is 20.4. The molecular weight excluding hydrogens is 440 g/mol. The first-order valence-electron chi connectivity index (χ1n) is 9.84. The Morgan fingerprint density at radius 1 is 1.21 bits per heavy atom. The second-order valence-corrected chi connectivity index (χ2v) is 7.42. The molecule has 1 saturated heterocycles. The summed E-state index contributed by atoms with van der Waals surface area (Å²) in [5.74, 6) is 0.159. The molecule has 14 nitrogen and oxygen atoms in total. The van der Waals surface area contributed by atoms with Gasteiger partial charge >= 0.3 is 0 Å². The third-order valence-corrected chi connectivity index (χ3v) is 5.44. The molecule has 0 aliphatic carbocycles. The highest BCUT2D eigenvalue weighted by atomic mass is 16.6. The molecule has 0 spiro atoms. The molecule has 4 N–H and O–H groups in total. The summed E-state index contributed by atoms with van der Waals surface area (Å²) in [6.07, 6.45) is 0.882. The van der Waals surface area contributed by atoms with E-state index in [9.17, 15) is 30.4 Å². The highest BCUT2D eigenvalue weighted by Crippen LogP contribution is 2.35. The van der Waals surface area contributed by atoms with Crippen molar-refractivity contribution in [2.45, 2.75) is 38.1 Å². The average Bonchev–Trinajstić information content (AvgIpc) is 3.34. The number of ether oxygens (including phenoxy) is 2. The third kappa shape index (κ3) is 4.19. The fourth-order valence-electron chi connectivity index (χ4n) is 3.88. The lowest BCUT2D eigenvalue weighted by Gasteiger charge is -2.14. The molecule has 33 heavy (non-hydrogen) atoms. The number of rotatable bonds is 8. The van der Waals surface area contributed by atoms with Crippen LogP contribution in [0.4, 0.5) is 17.2 Å². The van der Waals surface area contributed by atoms with E-state index in [0.717, 1.165) is 0 Å². The van der Waals surface area contributed by atoms with Gasteiger partial charge in [-0.1, -0.05) is 0 Å². The summed E-state index contributed by atoms with van der Waals surface area (Å²) >= 11 is 0. The van der Waals surface area contributed by atoms with Crippen LogP contribution in [-0.4, -0.2) is 53.4 Å². The van der Waals surface area contributed by atoms with Crippen molar-refractivity contribution in [3.63, 3.8) is 0 Å². The number of nitro groups is 2. The number of hydrogen-bond acceptors (Lipinski definition) is 11. The Kier molecular flexibility index (Phi) is 6.15. The van der Waals surface area contributed by atoms with Crippen LogP contribution in [0.5, 0.6) is 0 Å². The quantitative estimate of drug-likeness (QED) is 0.322. The van der Waals surface area contributed by atoms with Gasteiger partial charge in [0, 0.05) is 30.3 Å². The Bertz CT molecular complexity index is 1180. The number of nitrogens with zero attached hydrogens (tertiary/aromatic N) is 5. The van der Waals surface area contributed by atoms with Crippen molar-refractivity contribution < 1.29 is 29.5 Å². The molecule has 14 heteroatoms. The first-order valence-corrected chi connectivity index (χ1v) is 9.84. The van der Waals surface area contributed by atoms with Crippen molar-refractivity contribution in [3.05, 3.63) is 62.1 Å². The molecule has 0 bridgehead atoms. The smallest absolute Gasteiger partial charge is 0.281 e. The van der Waals surface area contributed by atoms with E-state index in [2.05, 4.69) is 9.97 Å². The van der Waals surface area contributed by atoms with Crippen LogP contribution in [0, 0.1) is 20.2 Å². The van der Waals surface area contributed by atoms with E-state index in [1.165, 1.54) is 24.5 Å². The number of hydrogen-bond donors (Lipinski definition) is 3. The summed E-state index contributed by atoms with van der Waals surface area (Å²) in [7, 11) is 0. The van der Waals surface area contributed by atoms with Gasteiger partial charge in [0.05, 0.1) is 41.2 Å². The zero-order chi connectivity index (χ0) is 23.7. The summed E-state index contributed by atoms with van der Waals surface area (Å²) in [5, 5.41) is 42.5. The number of aliphatic hydroxyl groups excluding tert-OH is 2. The molecule has 0 saturated carbocycles.